The van der Waals surface area contributed by atoms with Crippen molar-refractivity contribution in [1.82, 2.24) is 5.32 Å². The van der Waals surface area contributed by atoms with E-state index in [2.05, 4.69) is 29.3 Å². The number of hydrogen-bond donors (Lipinski definition) is 2. The van der Waals surface area contributed by atoms with E-state index in [4.69, 9.17) is 5.11 Å². The van der Waals surface area contributed by atoms with Gasteiger partial charge < -0.3 is 15.3 Å². The molecule has 3 nitrogen and oxygen atoms in total. The molecule has 1 saturated heterocycles. The van der Waals surface area contributed by atoms with E-state index in [0.29, 0.717) is 0 Å². The summed E-state index contributed by atoms with van der Waals surface area (Å²) in [5.41, 5.74) is 3.47. The number of aliphatic hydroxyl groups excluding tert-OH is 1. The Balaban J connectivity index is 2.17. The molecule has 2 N–H and O–H groups in total. The number of anilines is 1. The quantitative estimate of drug-likeness (QED) is 0.754. The third-order valence-corrected chi connectivity index (χ3v) is 2.98. The predicted molar refractivity (Wildman–Crippen MR) is 62.2 cm³/mol. The highest BCUT2D eigenvalue weighted by atomic mass is 16.3. The smallest absolute Gasteiger partial charge is 0.0684 e. The molecule has 15 heavy (non-hydrogen) atoms. The number of nitrogens with one attached hydrogen (secondary N) is 1. The van der Waals surface area contributed by atoms with Gasteiger partial charge in [-0.1, -0.05) is 6.07 Å². The van der Waals surface area contributed by atoms with Crippen molar-refractivity contribution in [2.24, 2.45) is 0 Å². The Morgan fingerprint density at radius 1 is 1.33 bits per heavy atom. The molecule has 1 aromatic carbocycles. The van der Waals surface area contributed by atoms with Crippen LogP contribution in [-0.4, -0.2) is 31.3 Å². The molecule has 0 bridgehead atoms. The van der Waals surface area contributed by atoms with Crippen molar-refractivity contribution in [3.63, 3.8) is 0 Å². The minimum Gasteiger partial charge on any atom is -0.392 e. The molecule has 1 heterocycles. The predicted octanol–water partition coefficient (Wildman–Crippen LogP) is 0.897. The van der Waals surface area contributed by atoms with Crippen LogP contribution in [0.3, 0.4) is 0 Å². The zero-order chi connectivity index (χ0) is 10.7. The van der Waals surface area contributed by atoms with Crippen molar-refractivity contribution in [3.05, 3.63) is 29.3 Å². The average Bonchev–Trinajstić information content (AvgIpc) is 2.30. The first-order valence-corrected chi connectivity index (χ1v) is 5.47. The van der Waals surface area contributed by atoms with Gasteiger partial charge in [0.05, 0.1) is 6.61 Å². The number of aryl methyl sites for hydroxylation is 1. The summed E-state index contributed by atoms with van der Waals surface area (Å²) in [5, 5.41) is 12.4. The molecule has 0 spiro atoms. The number of hydrogen-bond acceptors (Lipinski definition) is 3. The maximum absolute atomic E-state index is 9.10. The van der Waals surface area contributed by atoms with Gasteiger partial charge in [0.25, 0.3) is 0 Å². The van der Waals surface area contributed by atoms with Crippen molar-refractivity contribution in [2.75, 3.05) is 31.1 Å². The SMILES string of the molecule is Cc1cc(N2CCNCC2)ccc1CO. The van der Waals surface area contributed by atoms with E-state index in [9.17, 15) is 0 Å². The van der Waals surface area contributed by atoms with E-state index in [1.807, 2.05) is 6.07 Å². The van der Waals surface area contributed by atoms with Gasteiger partial charge in [0.15, 0.2) is 0 Å². The summed E-state index contributed by atoms with van der Waals surface area (Å²) in [6, 6.07) is 6.29. The molecule has 0 atom stereocenters. The summed E-state index contributed by atoms with van der Waals surface area (Å²) < 4.78 is 0. The lowest BCUT2D eigenvalue weighted by molar-refractivity contribution is 0.281. The lowest BCUT2D eigenvalue weighted by Crippen LogP contribution is -2.43. The normalized spacial score (nSPS) is 16.8. The largest absolute Gasteiger partial charge is 0.392 e. The van der Waals surface area contributed by atoms with Crippen molar-refractivity contribution < 1.29 is 5.11 Å². The van der Waals surface area contributed by atoms with E-state index in [0.717, 1.165) is 31.7 Å². The molecule has 0 saturated carbocycles. The van der Waals surface area contributed by atoms with E-state index in [1.165, 1.54) is 11.3 Å². The second-order valence-electron chi connectivity index (χ2n) is 4.01. The second-order valence-corrected chi connectivity index (χ2v) is 4.01. The molecular formula is C12H18N2O. The monoisotopic (exact) mass is 206 g/mol. The Hall–Kier alpha value is -1.06. The first-order valence-electron chi connectivity index (χ1n) is 5.47. The van der Waals surface area contributed by atoms with Crippen LogP contribution < -0.4 is 10.2 Å². The first-order chi connectivity index (χ1) is 7.31. The highest BCUT2D eigenvalue weighted by Gasteiger charge is 2.10. The summed E-state index contributed by atoms with van der Waals surface area (Å²) >= 11 is 0. The Morgan fingerprint density at radius 2 is 2.07 bits per heavy atom. The van der Waals surface area contributed by atoms with Gasteiger partial charge in [0, 0.05) is 31.9 Å². The molecule has 0 amide bonds. The average molecular weight is 206 g/mol. The van der Waals surface area contributed by atoms with Crippen LogP contribution in [0.4, 0.5) is 5.69 Å². The number of piperazine rings is 1. The molecule has 0 unspecified atom stereocenters. The molecule has 1 fully saturated rings. The van der Waals surface area contributed by atoms with E-state index < -0.39 is 0 Å². The highest BCUT2D eigenvalue weighted by molar-refractivity contribution is 5.51. The van der Waals surface area contributed by atoms with Gasteiger partial charge in [0.2, 0.25) is 0 Å². The fraction of sp³-hybridized carbons (Fsp3) is 0.500. The van der Waals surface area contributed by atoms with E-state index in [1.54, 1.807) is 0 Å². The lowest BCUT2D eigenvalue weighted by Gasteiger charge is -2.29. The van der Waals surface area contributed by atoms with Gasteiger partial charge >= 0.3 is 0 Å². The topological polar surface area (TPSA) is 35.5 Å². The summed E-state index contributed by atoms with van der Waals surface area (Å²) in [5.74, 6) is 0. The Kier molecular flexibility index (Phi) is 3.23. The zero-order valence-corrected chi connectivity index (χ0v) is 9.16. The Bertz CT molecular complexity index is 332. The van der Waals surface area contributed by atoms with Crippen LogP contribution in [-0.2, 0) is 6.61 Å². The minimum absolute atomic E-state index is 0.133. The van der Waals surface area contributed by atoms with Gasteiger partial charge in [-0.15, -0.1) is 0 Å². The highest BCUT2D eigenvalue weighted by Crippen LogP contribution is 2.19. The third-order valence-electron chi connectivity index (χ3n) is 2.98. The fourth-order valence-corrected chi connectivity index (χ4v) is 1.98. The van der Waals surface area contributed by atoms with Gasteiger partial charge in [-0.2, -0.15) is 0 Å². The Morgan fingerprint density at radius 3 is 2.67 bits per heavy atom. The Labute approximate surface area is 90.7 Å². The fourth-order valence-electron chi connectivity index (χ4n) is 1.98. The van der Waals surface area contributed by atoms with Crippen LogP contribution in [0.25, 0.3) is 0 Å². The summed E-state index contributed by atoms with van der Waals surface area (Å²) in [6.45, 7) is 6.43. The molecule has 1 aliphatic rings. The standard InChI is InChI=1S/C12H18N2O/c1-10-8-12(3-2-11(10)9-15)14-6-4-13-5-7-14/h2-3,8,13,15H,4-7,9H2,1H3. The van der Waals surface area contributed by atoms with Crippen LogP contribution in [0.15, 0.2) is 18.2 Å². The van der Waals surface area contributed by atoms with Crippen LogP contribution >= 0.6 is 0 Å². The maximum atomic E-state index is 9.10. The maximum Gasteiger partial charge on any atom is 0.0684 e. The second kappa shape index (κ2) is 4.64. The molecule has 3 heteroatoms. The number of aliphatic hydroxyl groups is 1. The summed E-state index contributed by atoms with van der Waals surface area (Å²) in [6.07, 6.45) is 0. The van der Waals surface area contributed by atoms with Gasteiger partial charge in [-0.3, -0.25) is 0 Å². The number of rotatable bonds is 2. The number of benzene rings is 1. The van der Waals surface area contributed by atoms with Crippen molar-refractivity contribution in [3.8, 4) is 0 Å². The molecule has 82 valence electrons. The van der Waals surface area contributed by atoms with Gasteiger partial charge in [0.1, 0.15) is 0 Å². The van der Waals surface area contributed by atoms with Crippen LogP contribution in [0.1, 0.15) is 11.1 Å². The van der Waals surface area contributed by atoms with Crippen LogP contribution in [0, 0.1) is 6.92 Å². The molecule has 1 aliphatic heterocycles. The summed E-state index contributed by atoms with van der Waals surface area (Å²) in [4.78, 5) is 2.38. The van der Waals surface area contributed by atoms with Crippen molar-refractivity contribution >= 4 is 5.69 Å². The molecule has 1 aromatic rings. The molecule has 2 rings (SSSR count). The lowest BCUT2D eigenvalue weighted by atomic mass is 10.1. The third kappa shape index (κ3) is 2.30. The summed E-state index contributed by atoms with van der Waals surface area (Å²) in [7, 11) is 0. The first kappa shape index (κ1) is 10.5. The van der Waals surface area contributed by atoms with Gasteiger partial charge in [-0.05, 0) is 30.2 Å². The van der Waals surface area contributed by atoms with Crippen molar-refractivity contribution in [1.29, 1.82) is 0 Å². The number of nitrogens with zero attached hydrogens (tertiary/aromatic N) is 1. The van der Waals surface area contributed by atoms with Crippen molar-refractivity contribution in [2.45, 2.75) is 13.5 Å². The van der Waals surface area contributed by atoms with Crippen LogP contribution in [0.5, 0.6) is 0 Å². The zero-order valence-electron chi connectivity index (χ0n) is 9.16. The van der Waals surface area contributed by atoms with Gasteiger partial charge in [-0.25, -0.2) is 0 Å². The van der Waals surface area contributed by atoms with Crippen LogP contribution in [0.2, 0.25) is 0 Å². The minimum atomic E-state index is 0.133. The molecule has 0 aromatic heterocycles. The molecule has 0 radical (unpaired) electrons. The van der Waals surface area contributed by atoms with E-state index >= 15 is 0 Å². The van der Waals surface area contributed by atoms with E-state index in [-0.39, 0.29) is 6.61 Å². The molecule has 0 aliphatic carbocycles. The molecular weight excluding hydrogens is 188 g/mol.